The van der Waals surface area contributed by atoms with Crippen molar-refractivity contribution in [1.82, 2.24) is 13.7 Å². The Labute approximate surface area is 291 Å². The van der Waals surface area contributed by atoms with Crippen LogP contribution in [0.25, 0.3) is 93.3 Å². The third kappa shape index (κ3) is 3.41. The molecule has 0 spiro atoms. The lowest BCUT2D eigenvalue weighted by molar-refractivity contribution is 1.02. The summed E-state index contributed by atoms with van der Waals surface area (Å²) in [6.45, 7) is 0. The fourth-order valence-electron chi connectivity index (χ4n) is 8.71. The molecule has 0 unspecified atom stereocenters. The lowest BCUT2D eigenvalue weighted by atomic mass is 10.0. The van der Waals surface area contributed by atoms with Crippen molar-refractivity contribution in [1.29, 1.82) is 0 Å². The smallest absolute Gasteiger partial charge is 0.131 e. The van der Waals surface area contributed by atoms with E-state index in [1.807, 2.05) is 11.8 Å². The first-order valence-electron chi connectivity index (χ1n) is 17.1. The lowest BCUT2D eigenvalue weighted by Crippen LogP contribution is -2.06. The average molecular weight is 654 g/mol. The first-order valence-corrected chi connectivity index (χ1v) is 17.9. The van der Waals surface area contributed by atoms with Crippen LogP contribution in [0.2, 0.25) is 0 Å². The minimum absolute atomic E-state index is 1.14. The molecule has 11 aromatic rings. The van der Waals surface area contributed by atoms with Crippen LogP contribution in [-0.4, -0.2) is 13.7 Å². The molecule has 0 aliphatic carbocycles. The van der Waals surface area contributed by atoms with E-state index in [2.05, 4.69) is 177 Å². The fraction of sp³-hybridized carbons (Fsp3) is 0. The van der Waals surface area contributed by atoms with Gasteiger partial charge in [0.15, 0.2) is 0 Å². The summed E-state index contributed by atoms with van der Waals surface area (Å²) in [5.74, 6) is 0. The second kappa shape index (κ2) is 9.69. The Morgan fingerprint density at radius 2 is 1.04 bits per heavy atom. The van der Waals surface area contributed by atoms with Crippen LogP contribution >= 0.6 is 11.8 Å². The molecule has 0 N–H and O–H groups in total. The van der Waals surface area contributed by atoms with Crippen molar-refractivity contribution in [2.75, 3.05) is 0 Å². The number of benzene rings is 8. The average Bonchev–Trinajstić information content (AvgIpc) is 3.80. The fourth-order valence-corrected chi connectivity index (χ4v) is 9.80. The van der Waals surface area contributed by atoms with E-state index in [1.165, 1.54) is 91.7 Å². The summed E-state index contributed by atoms with van der Waals surface area (Å²) in [6, 6.07) is 60.4. The van der Waals surface area contributed by atoms with Gasteiger partial charge >= 0.3 is 0 Å². The molecule has 1 aliphatic rings. The van der Waals surface area contributed by atoms with Crippen molar-refractivity contribution in [2.45, 2.75) is 9.79 Å². The van der Waals surface area contributed by atoms with E-state index >= 15 is 0 Å². The molecule has 3 nitrogen and oxygen atoms in total. The van der Waals surface area contributed by atoms with Crippen LogP contribution in [0.3, 0.4) is 0 Å². The molecular formula is C46H27N3S. The quantitative estimate of drug-likeness (QED) is 0.181. The summed E-state index contributed by atoms with van der Waals surface area (Å²) >= 11 is 1.87. The van der Waals surface area contributed by atoms with Gasteiger partial charge in [-0.1, -0.05) is 115 Å². The highest BCUT2D eigenvalue weighted by atomic mass is 32.2. The maximum atomic E-state index is 2.51. The van der Waals surface area contributed by atoms with Crippen LogP contribution in [-0.2, 0) is 0 Å². The Hall–Kier alpha value is -6.23. The van der Waals surface area contributed by atoms with Gasteiger partial charge in [-0.2, -0.15) is 0 Å². The van der Waals surface area contributed by atoms with Gasteiger partial charge in [0.05, 0.1) is 27.8 Å². The summed E-state index contributed by atoms with van der Waals surface area (Å²) < 4.78 is 7.47. The van der Waals surface area contributed by atoms with Crippen LogP contribution in [0.1, 0.15) is 0 Å². The number of nitrogens with zero attached hydrogens (tertiary/aromatic N) is 3. The molecule has 0 fully saturated rings. The lowest BCUT2D eigenvalue weighted by Gasteiger charge is -2.21. The summed E-state index contributed by atoms with van der Waals surface area (Å²) in [4.78, 5) is 2.58. The third-order valence-electron chi connectivity index (χ3n) is 10.7. The number of aromatic nitrogens is 3. The maximum Gasteiger partial charge on any atom is 0.131 e. The Bertz CT molecular complexity index is 3250. The van der Waals surface area contributed by atoms with E-state index in [9.17, 15) is 0 Å². The molecule has 0 bridgehead atoms. The predicted molar refractivity (Wildman–Crippen MR) is 211 cm³/mol. The Balaban J connectivity index is 1.21. The van der Waals surface area contributed by atoms with E-state index < -0.39 is 0 Å². The predicted octanol–water partition coefficient (Wildman–Crippen LogP) is 12.6. The van der Waals surface area contributed by atoms with Gasteiger partial charge in [-0.05, 0) is 82.2 Å². The molecule has 0 saturated heterocycles. The van der Waals surface area contributed by atoms with Gasteiger partial charge in [-0.15, -0.1) is 0 Å². The first kappa shape index (κ1) is 26.7. The van der Waals surface area contributed by atoms with E-state index in [0.717, 1.165) is 11.4 Å². The van der Waals surface area contributed by atoms with Crippen molar-refractivity contribution >= 4 is 88.0 Å². The summed E-state index contributed by atoms with van der Waals surface area (Å²) in [5.41, 5.74) is 9.66. The zero-order valence-corrected chi connectivity index (χ0v) is 27.7. The summed E-state index contributed by atoms with van der Waals surface area (Å²) in [5, 5.41) is 11.5. The van der Waals surface area contributed by atoms with Gasteiger partial charge in [0, 0.05) is 48.1 Å². The molecule has 4 heterocycles. The molecule has 0 atom stereocenters. The van der Waals surface area contributed by atoms with Crippen molar-refractivity contribution < 1.29 is 0 Å². The molecule has 1 aliphatic heterocycles. The SMILES string of the molecule is c1cc(-n2c3cc4ccccc4cc3c3c4ccccc4ccc32)cc(-n2c3ccccc3c3c4cccc5c4n(c32)-c2ccccc2S5)c1. The highest BCUT2D eigenvalue weighted by Crippen LogP contribution is 2.49. The summed E-state index contributed by atoms with van der Waals surface area (Å²) in [7, 11) is 0. The largest absolute Gasteiger partial charge is 0.309 e. The minimum atomic E-state index is 1.14. The van der Waals surface area contributed by atoms with Crippen molar-refractivity contribution in [3.05, 3.63) is 164 Å². The Morgan fingerprint density at radius 1 is 0.360 bits per heavy atom. The van der Waals surface area contributed by atoms with Crippen LogP contribution in [0, 0.1) is 0 Å². The minimum Gasteiger partial charge on any atom is -0.309 e. The van der Waals surface area contributed by atoms with Gasteiger partial charge in [0.1, 0.15) is 5.65 Å². The highest BCUT2D eigenvalue weighted by molar-refractivity contribution is 7.99. The number of fused-ring (bicyclic) bond motifs is 13. The normalized spacial score (nSPS) is 12.7. The molecule has 3 aromatic heterocycles. The summed E-state index contributed by atoms with van der Waals surface area (Å²) in [6.07, 6.45) is 0. The molecular weight excluding hydrogens is 627 g/mol. The van der Waals surface area contributed by atoms with Crippen LogP contribution in [0.4, 0.5) is 0 Å². The molecule has 12 rings (SSSR count). The van der Waals surface area contributed by atoms with E-state index in [4.69, 9.17) is 0 Å². The van der Waals surface area contributed by atoms with Gasteiger partial charge in [-0.25, -0.2) is 0 Å². The molecule has 0 saturated carbocycles. The molecule has 0 radical (unpaired) electrons. The van der Waals surface area contributed by atoms with E-state index in [1.54, 1.807) is 0 Å². The van der Waals surface area contributed by atoms with Gasteiger partial charge in [-0.3, -0.25) is 9.13 Å². The number of hydrogen-bond donors (Lipinski definition) is 0. The Kier molecular flexibility index (Phi) is 5.17. The first-order chi connectivity index (χ1) is 24.8. The standard InChI is InChI=1S/C46H27N3S/c1-2-13-30-26-40-36(25-29(30)12-1)43-33-16-4-3-11-28(33)23-24-39(43)47(40)31-14-9-15-32(27-31)48-37-19-6-5-17-34(37)44-35-18-10-22-42-45(35)49(46(44)48)38-20-7-8-21-41(38)50-42/h1-27H. The topological polar surface area (TPSA) is 14.8 Å². The van der Waals surface area contributed by atoms with Crippen LogP contribution < -0.4 is 0 Å². The van der Waals surface area contributed by atoms with Crippen molar-refractivity contribution in [3.8, 4) is 17.1 Å². The third-order valence-corrected chi connectivity index (χ3v) is 11.9. The van der Waals surface area contributed by atoms with Crippen molar-refractivity contribution in [3.63, 3.8) is 0 Å². The van der Waals surface area contributed by atoms with E-state index in [0.29, 0.717) is 0 Å². The number of hydrogen-bond acceptors (Lipinski definition) is 1. The van der Waals surface area contributed by atoms with Crippen molar-refractivity contribution in [2.24, 2.45) is 0 Å². The van der Waals surface area contributed by atoms with Crippen LogP contribution in [0.5, 0.6) is 0 Å². The highest BCUT2D eigenvalue weighted by Gasteiger charge is 2.27. The molecule has 50 heavy (non-hydrogen) atoms. The zero-order valence-electron chi connectivity index (χ0n) is 26.8. The monoisotopic (exact) mass is 653 g/mol. The number of rotatable bonds is 2. The van der Waals surface area contributed by atoms with E-state index in [-0.39, 0.29) is 0 Å². The van der Waals surface area contributed by atoms with Gasteiger partial charge < -0.3 is 4.57 Å². The molecule has 0 amide bonds. The van der Waals surface area contributed by atoms with Crippen LogP contribution in [0.15, 0.2) is 174 Å². The van der Waals surface area contributed by atoms with Gasteiger partial charge in [0.2, 0.25) is 0 Å². The zero-order chi connectivity index (χ0) is 32.5. The maximum absolute atomic E-state index is 2.51. The molecule has 4 heteroatoms. The molecule has 232 valence electrons. The van der Waals surface area contributed by atoms with Gasteiger partial charge in [0.25, 0.3) is 0 Å². The second-order valence-corrected chi connectivity index (χ2v) is 14.4. The second-order valence-electron chi connectivity index (χ2n) is 13.4. The number of para-hydroxylation sites is 3. The molecule has 8 aromatic carbocycles. The Morgan fingerprint density at radius 3 is 1.94 bits per heavy atom.